The lowest BCUT2D eigenvalue weighted by Gasteiger charge is -2.69. The molecule has 1 amide bonds. The fraction of sp³-hybridized carbons (Fsp3) is 0.860. The molecule has 0 radical (unpaired) electrons. The normalized spacial score (nSPS) is 38.2. The first-order valence-corrected chi connectivity index (χ1v) is 20.5. The Morgan fingerprint density at radius 2 is 1.75 bits per heavy atom. The van der Waals surface area contributed by atoms with Crippen LogP contribution in [0.4, 0.5) is 0 Å². The molecule has 0 aromatic heterocycles. The topological polar surface area (TPSA) is 113 Å². The van der Waals surface area contributed by atoms with Crippen LogP contribution in [-0.2, 0) is 23.9 Å². The Bertz CT molecular complexity index is 1420. The summed E-state index contributed by atoms with van der Waals surface area (Å²) >= 11 is 0. The summed E-state index contributed by atoms with van der Waals surface area (Å²) < 4.78 is 6.20. The maximum atomic E-state index is 13.9. The molecule has 51 heavy (non-hydrogen) atoms. The molecule has 4 saturated carbocycles. The highest BCUT2D eigenvalue weighted by Gasteiger charge is 2.67. The highest BCUT2D eigenvalue weighted by Crippen LogP contribution is 2.73. The number of nitrogens with zero attached hydrogens (tertiary/aromatic N) is 1. The van der Waals surface area contributed by atoms with E-state index in [0.29, 0.717) is 43.1 Å². The Morgan fingerprint density at radius 3 is 2.41 bits per heavy atom. The predicted octanol–water partition coefficient (Wildman–Crippen LogP) is 7.07. The van der Waals surface area contributed by atoms with Gasteiger partial charge in [-0.3, -0.25) is 14.4 Å². The molecule has 9 unspecified atom stereocenters. The average Bonchev–Trinajstić information content (AvgIpc) is 3.61. The summed E-state index contributed by atoms with van der Waals surface area (Å²) in [6, 6.07) is 0. The molecule has 5 aliphatic carbocycles. The highest BCUT2D eigenvalue weighted by atomic mass is 16.5. The highest BCUT2D eigenvalue weighted by molar-refractivity contribution is 6.00. The number of nitrogens with one attached hydrogen (secondary N) is 1. The number of esters is 1. The molecule has 1 heterocycles. The minimum Gasteiger partial charge on any atom is -0.462 e. The number of likely N-dealkylation sites (tertiary alicyclic amines) is 1. The van der Waals surface area contributed by atoms with Gasteiger partial charge in [-0.1, -0.05) is 61.0 Å². The predicted molar refractivity (Wildman–Crippen MR) is 198 cm³/mol. The summed E-state index contributed by atoms with van der Waals surface area (Å²) in [7, 11) is 0. The number of amides is 1. The van der Waals surface area contributed by atoms with Crippen LogP contribution < -0.4 is 5.32 Å². The third-order valence-electron chi connectivity index (χ3n) is 15.7. The van der Waals surface area contributed by atoms with Crippen molar-refractivity contribution in [1.29, 1.82) is 0 Å². The van der Waals surface area contributed by atoms with Crippen LogP contribution >= 0.6 is 0 Å². The fourth-order valence-corrected chi connectivity index (χ4v) is 13.3. The molecule has 286 valence electrons. The first-order chi connectivity index (χ1) is 23.9. The zero-order chi connectivity index (χ0) is 37.1. The van der Waals surface area contributed by atoms with Gasteiger partial charge < -0.3 is 24.9 Å². The molecule has 0 aromatic rings. The summed E-state index contributed by atoms with van der Waals surface area (Å²) in [6.45, 7) is 20.5. The number of ether oxygens (including phenoxy) is 1. The van der Waals surface area contributed by atoms with Crippen molar-refractivity contribution < 1.29 is 29.0 Å². The van der Waals surface area contributed by atoms with E-state index in [2.05, 4.69) is 46.9 Å². The summed E-state index contributed by atoms with van der Waals surface area (Å²) in [4.78, 5) is 52.4. The second kappa shape index (κ2) is 14.0. The monoisotopic (exact) mass is 709 g/mol. The molecule has 5 fully saturated rings. The molecular formula is C43H68N2O6. The molecule has 2 N–H and O–H groups in total. The van der Waals surface area contributed by atoms with Crippen molar-refractivity contribution in [3.05, 3.63) is 11.1 Å². The lowest BCUT2D eigenvalue weighted by Crippen LogP contribution is -2.63. The fourth-order valence-electron chi connectivity index (χ4n) is 13.3. The van der Waals surface area contributed by atoms with Crippen LogP contribution in [0.25, 0.3) is 0 Å². The summed E-state index contributed by atoms with van der Waals surface area (Å²) in [6.07, 6.45) is 11.3. The Hall–Kier alpha value is -2.06. The van der Waals surface area contributed by atoms with Crippen molar-refractivity contribution in [2.45, 2.75) is 151 Å². The van der Waals surface area contributed by atoms with Crippen LogP contribution in [0.15, 0.2) is 11.1 Å². The van der Waals surface area contributed by atoms with Gasteiger partial charge in [-0.05, 0) is 117 Å². The number of ketones is 1. The van der Waals surface area contributed by atoms with Crippen molar-refractivity contribution in [3.8, 4) is 0 Å². The number of hydrogen-bond acceptors (Lipinski definition) is 7. The van der Waals surface area contributed by atoms with Crippen molar-refractivity contribution in [3.63, 3.8) is 0 Å². The quantitative estimate of drug-likeness (QED) is 0.127. The van der Waals surface area contributed by atoms with E-state index in [1.54, 1.807) is 13.8 Å². The van der Waals surface area contributed by atoms with E-state index in [0.717, 1.165) is 95.7 Å². The van der Waals surface area contributed by atoms with Crippen LogP contribution in [0.1, 0.15) is 139 Å². The second-order valence-electron chi connectivity index (χ2n) is 19.9. The third-order valence-corrected chi connectivity index (χ3v) is 15.7. The van der Waals surface area contributed by atoms with Gasteiger partial charge in [-0.2, -0.15) is 0 Å². The molecule has 1 saturated heterocycles. The molecule has 6 rings (SSSR count). The van der Waals surface area contributed by atoms with Crippen LogP contribution in [0.2, 0.25) is 0 Å². The van der Waals surface area contributed by atoms with Crippen LogP contribution in [0.3, 0.4) is 0 Å². The number of aliphatic hydroxyl groups excluding tert-OH is 1. The van der Waals surface area contributed by atoms with Gasteiger partial charge in [0, 0.05) is 48.7 Å². The van der Waals surface area contributed by atoms with Gasteiger partial charge in [-0.25, -0.2) is 0 Å². The molecule has 0 bridgehead atoms. The Balaban J connectivity index is 1.19. The van der Waals surface area contributed by atoms with Crippen molar-refractivity contribution in [2.75, 3.05) is 26.2 Å². The van der Waals surface area contributed by atoms with Crippen molar-refractivity contribution in [1.82, 2.24) is 10.2 Å². The van der Waals surface area contributed by atoms with E-state index in [-0.39, 0.29) is 52.3 Å². The lowest BCUT2D eigenvalue weighted by atomic mass is 9.36. The zero-order valence-corrected chi connectivity index (χ0v) is 33.1. The second-order valence-corrected chi connectivity index (χ2v) is 19.9. The number of fused-ring (bicyclic) bond motifs is 7. The number of hydrogen-bond donors (Lipinski definition) is 2. The number of allylic oxidation sites excluding steroid dienone is 1. The van der Waals surface area contributed by atoms with Gasteiger partial charge in [0.1, 0.15) is 12.4 Å². The van der Waals surface area contributed by atoms with E-state index in [4.69, 9.17) is 4.74 Å². The van der Waals surface area contributed by atoms with E-state index in [1.807, 2.05) is 4.90 Å². The first-order valence-electron chi connectivity index (χ1n) is 20.5. The number of rotatable bonds is 12. The maximum Gasteiger partial charge on any atom is 0.307 e. The largest absolute Gasteiger partial charge is 0.462 e. The van der Waals surface area contributed by atoms with Crippen molar-refractivity contribution >= 4 is 23.9 Å². The van der Waals surface area contributed by atoms with Gasteiger partial charge in [0.2, 0.25) is 5.91 Å². The zero-order valence-electron chi connectivity index (χ0n) is 33.1. The molecule has 0 aromatic carbocycles. The molecule has 9 atom stereocenters. The molecule has 8 heteroatoms. The number of carbonyl (C=O) groups is 4. The van der Waals surface area contributed by atoms with E-state index >= 15 is 0 Å². The molecule has 0 spiro atoms. The smallest absolute Gasteiger partial charge is 0.307 e. The minimum atomic E-state index is -0.718. The van der Waals surface area contributed by atoms with Gasteiger partial charge >= 0.3 is 5.97 Å². The third kappa shape index (κ3) is 6.59. The number of carbonyl (C=O) groups excluding carboxylic acids is 4. The van der Waals surface area contributed by atoms with Gasteiger partial charge in [0.25, 0.3) is 0 Å². The Labute approximate surface area is 307 Å². The Kier molecular flexibility index (Phi) is 10.6. The standard InChI is InChI=1S/C43H68N2O6/c1-27(2)37-30(47)23-43(33(48)25-44-20-10-22-45-21-9-11-35(45)49)19-14-29-28(38(37)43)12-13-32-41(29,7)17-15-31-40(5,6)34(16-18-42(31,32)8)51-36(50)24-39(3,4)26-46/h26-29,31-34,44,48H,9-25H2,1-8H3. The van der Waals surface area contributed by atoms with Crippen LogP contribution in [0.5, 0.6) is 0 Å². The molecule has 6 aliphatic rings. The summed E-state index contributed by atoms with van der Waals surface area (Å²) in [5.74, 6) is 2.18. The molecular weight excluding hydrogens is 640 g/mol. The van der Waals surface area contributed by atoms with E-state index in [1.165, 1.54) is 5.57 Å². The Morgan fingerprint density at radius 1 is 1.02 bits per heavy atom. The number of aliphatic hydroxyl groups is 1. The number of aldehydes is 1. The summed E-state index contributed by atoms with van der Waals surface area (Å²) in [5.41, 5.74) is 1.24. The minimum absolute atomic E-state index is 0.110. The van der Waals surface area contributed by atoms with Gasteiger partial charge in [-0.15, -0.1) is 0 Å². The SMILES string of the molecule is CC(C)C1=C2C3CCC4C(C)(CCC5C(C)(C)C(OC(=O)CC(C)(C)C=O)CCC54C)C3CCC2(C(O)CNCCCN2CCCC2=O)CC1=O. The van der Waals surface area contributed by atoms with E-state index < -0.39 is 16.9 Å². The van der Waals surface area contributed by atoms with E-state index in [9.17, 15) is 24.3 Å². The average molecular weight is 709 g/mol. The van der Waals surface area contributed by atoms with Crippen LogP contribution in [-0.4, -0.2) is 72.3 Å². The molecule has 1 aliphatic heterocycles. The maximum absolute atomic E-state index is 13.9. The first kappa shape index (κ1) is 38.7. The molecule has 8 nitrogen and oxygen atoms in total. The van der Waals surface area contributed by atoms with Crippen LogP contribution in [0, 0.1) is 56.7 Å². The summed E-state index contributed by atoms with van der Waals surface area (Å²) in [5, 5.41) is 15.6. The van der Waals surface area contributed by atoms with Gasteiger partial charge in [0.05, 0.1) is 12.5 Å². The lowest BCUT2D eigenvalue weighted by molar-refractivity contribution is -0.214. The van der Waals surface area contributed by atoms with Crippen molar-refractivity contribution in [2.24, 2.45) is 56.7 Å². The van der Waals surface area contributed by atoms with Gasteiger partial charge in [0.15, 0.2) is 5.78 Å². The number of Topliss-reactive ketones (excluding diaryl/α,β-unsaturated/α-hetero) is 1.